The Labute approximate surface area is 475 Å². The smallest absolute Gasteiger partial charge is 0.462 e. The highest BCUT2D eigenvalue weighted by Crippen LogP contribution is 2.43. The van der Waals surface area contributed by atoms with Crippen molar-refractivity contribution in [3.05, 3.63) is 72.9 Å². The molecule has 0 fully saturated rings. The summed E-state index contributed by atoms with van der Waals surface area (Å²) in [5.74, 6) is -0.821. The average Bonchev–Trinajstić information content (AvgIpc) is 3.42. The van der Waals surface area contributed by atoms with E-state index >= 15 is 0 Å². The molecule has 9 nitrogen and oxygen atoms in total. The number of hydrogen-bond acceptors (Lipinski definition) is 8. The third-order valence-corrected chi connectivity index (χ3v) is 15.1. The third-order valence-electron chi connectivity index (χ3n) is 14.1. The van der Waals surface area contributed by atoms with Gasteiger partial charge in [-0.3, -0.25) is 18.6 Å². The minimum atomic E-state index is -4.39. The highest BCUT2D eigenvalue weighted by Gasteiger charge is 2.26. The first-order valence-electron chi connectivity index (χ1n) is 32.4. The van der Waals surface area contributed by atoms with Crippen molar-refractivity contribution >= 4 is 19.8 Å². The summed E-state index contributed by atoms with van der Waals surface area (Å²) in [5.41, 5.74) is 5.39. The van der Waals surface area contributed by atoms with Crippen LogP contribution < -0.4 is 5.73 Å². The summed E-state index contributed by atoms with van der Waals surface area (Å²) in [7, 11) is -4.39. The van der Waals surface area contributed by atoms with Gasteiger partial charge in [-0.25, -0.2) is 4.57 Å². The molecule has 448 valence electrons. The van der Waals surface area contributed by atoms with Gasteiger partial charge in [-0.1, -0.05) is 286 Å². The molecule has 0 aliphatic heterocycles. The van der Waals surface area contributed by atoms with E-state index < -0.39 is 26.5 Å². The van der Waals surface area contributed by atoms with Gasteiger partial charge in [0, 0.05) is 19.4 Å². The molecule has 0 heterocycles. The van der Waals surface area contributed by atoms with Crippen LogP contribution in [0.15, 0.2) is 72.9 Å². The molecule has 0 bridgehead atoms. The minimum Gasteiger partial charge on any atom is -0.462 e. The highest BCUT2D eigenvalue weighted by atomic mass is 31.2. The van der Waals surface area contributed by atoms with E-state index in [1.807, 2.05) is 0 Å². The van der Waals surface area contributed by atoms with Gasteiger partial charge in [0.05, 0.1) is 13.2 Å². The van der Waals surface area contributed by atoms with Crippen molar-refractivity contribution in [1.82, 2.24) is 0 Å². The predicted molar refractivity (Wildman–Crippen MR) is 330 cm³/mol. The number of carbonyl (C=O) groups is 2. The van der Waals surface area contributed by atoms with Crippen molar-refractivity contribution in [3.63, 3.8) is 0 Å². The lowest BCUT2D eigenvalue weighted by Gasteiger charge is -2.19. The van der Waals surface area contributed by atoms with Crippen LogP contribution in [-0.4, -0.2) is 49.3 Å². The second kappa shape index (κ2) is 62.6. The third kappa shape index (κ3) is 62.5. The number of phosphoric ester groups is 1. The molecule has 10 heteroatoms. The fourth-order valence-electron chi connectivity index (χ4n) is 9.31. The molecule has 0 radical (unpaired) electrons. The molecule has 0 aliphatic carbocycles. The molecule has 0 amide bonds. The zero-order valence-electron chi connectivity index (χ0n) is 50.2. The van der Waals surface area contributed by atoms with Gasteiger partial charge in [0.1, 0.15) is 6.61 Å². The topological polar surface area (TPSA) is 134 Å². The van der Waals surface area contributed by atoms with Crippen LogP contribution >= 0.6 is 7.82 Å². The zero-order chi connectivity index (χ0) is 55.9. The number of unbranched alkanes of at least 4 members (excludes halogenated alkanes) is 36. The summed E-state index contributed by atoms with van der Waals surface area (Å²) in [6.07, 6.45) is 81.2. The van der Waals surface area contributed by atoms with Gasteiger partial charge in [0.15, 0.2) is 6.10 Å². The Morgan fingerprint density at radius 3 is 1.08 bits per heavy atom. The SMILES string of the molecule is CC/C=C\C/C=C\C/C=C\C/C=C\C/C=C\CCCCCCCCCCCCCC(=O)OC(COC(=O)CCCCCCCCCCCCCCCCCCC/C=C\CCCCCCCCCC)COP(=O)(O)OCCN. The van der Waals surface area contributed by atoms with Crippen LogP contribution in [0.1, 0.15) is 309 Å². The van der Waals surface area contributed by atoms with Crippen molar-refractivity contribution < 1.29 is 37.6 Å². The van der Waals surface area contributed by atoms with E-state index in [4.69, 9.17) is 24.3 Å². The van der Waals surface area contributed by atoms with Gasteiger partial charge in [0.25, 0.3) is 0 Å². The molecule has 0 aromatic heterocycles. The largest absolute Gasteiger partial charge is 0.472 e. The Hall–Kier alpha value is -2.55. The standard InChI is InChI=1S/C67H122NO8P/c1-3-5-7-9-11-13-15-17-19-21-23-25-27-29-31-32-34-35-37-39-41-43-45-47-49-51-53-55-57-59-66(69)73-63-65(64-75-77(71,72)74-62-61-68)76-67(70)60-58-56-54-52-50-48-46-44-42-40-38-36-33-30-28-26-24-22-20-18-16-14-12-10-8-6-4-2/h6,8,12,14,18,20-21,23-24,26,30,33,65H,3-5,7,9-11,13,15-17,19,22,25,27-29,31-32,34-64,68H2,1-2H3,(H,71,72)/b8-6-,14-12-,20-18-,23-21-,26-24-,33-30-. The molecule has 0 aromatic rings. The van der Waals surface area contributed by atoms with E-state index in [2.05, 4.69) is 86.8 Å². The fraction of sp³-hybridized carbons (Fsp3) is 0.791. The maximum Gasteiger partial charge on any atom is 0.472 e. The highest BCUT2D eigenvalue weighted by molar-refractivity contribution is 7.47. The number of phosphoric acid groups is 1. The lowest BCUT2D eigenvalue weighted by molar-refractivity contribution is -0.161. The van der Waals surface area contributed by atoms with E-state index in [1.54, 1.807) is 0 Å². The van der Waals surface area contributed by atoms with Gasteiger partial charge in [-0.15, -0.1) is 0 Å². The van der Waals surface area contributed by atoms with Crippen LogP contribution in [0.25, 0.3) is 0 Å². The van der Waals surface area contributed by atoms with Crippen molar-refractivity contribution in [2.45, 2.75) is 315 Å². The van der Waals surface area contributed by atoms with Gasteiger partial charge < -0.3 is 20.1 Å². The van der Waals surface area contributed by atoms with E-state index in [9.17, 15) is 19.0 Å². The zero-order valence-corrected chi connectivity index (χ0v) is 51.1. The maximum atomic E-state index is 12.7. The summed E-state index contributed by atoms with van der Waals surface area (Å²) < 4.78 is 33.1. The van der Waals surface area contributed by atoms with Crippen molar-refractivity contribution in [3.8, 4) is 0 Å². The summed E-state index contributed by atoms with van der Waals surface area (Å²) >= 11 is 0. The quantitative estimate of drug-likeness (QED) is 0.0264. The summed E-state index contributed by atoms with van der Waals surface area (Å²) in [4.78, 5) is 35.3. The summed E-state index contributed by atoms with van der Waals surface area (Å²) in [6, 6.07) is 0. The molecule has 0 aromatic carbocycles. The number of ether oxygens (including phenoxy) is 2. The van der Waals surface area contributed by atoms with Crippen LogP contribution in [0.2, 0.25) is 0 Å². The first-order valence-corrected chi connectivity index (χ1v) is 33.9. The number of rotatable bonds is 61. The summed E-state index contributed by atoms with van der Waals surface area (Å²) in [5, 5.41) is 0. The second-order valence-electron chi connectivity index (χ2n) is 21.6. The van der Waals surface area contributed by atoms with Crippen molar-refractivity contribution in [1.29, 1.82) is 0 Å². The van der Waals surface area contributed by atoms with Crippen molar-refractivity contribution in [2.75, 3.05) is 26.4 Å². The number of esters is 2. The van der Waals surface area contributed by atoms with Gasteiger partial charge in [0.2, 0.25) is 0 Å². The molecular formula is C67H122NO8P. The number of allylic oxidation sites excluding steroid dienone is 12. The van der Waals surface area contributed by atoms with E-state index in [0.29, 0.717) is 6.42 Å². The molecular weight excluding hydrogens is 978 g/mol. The molecule has 0 rings (SSSR count). The fourth-order valence-corrected chi connectivity index (χ4v) is 10.1. The number of hydrogen-bond donors (Lipinski definition) is 2. The first kappa shape index (κ1) is 74.5. The molecule has 0 saturated heterocycles. The molecule has 0 spiro atoms. The van der Waals surface area contributed by atoms with Crippen LogP contribution in [0.4, 0.5) is 0 Å². The molecule has 0 saturated carbocycles. The average molecular weight is 1100 g/mol. The van der Waals surface area contributed by atoms with Gasteiger partial charge in [-0.05, 0) is 83.5 Å². The van der Waals surface area contributed by atoms with E-state index in [1.165, 1.54) is 199 Å². The second-order valence-corrected chi connectivity index (χ2v) is 23.1. The maximum absolute atomic E-state index is 12.7. The first-order chi connectivity index (χ1) is 37.8. The minimum absolute atomic E-state index is 0.0516. The Morgan fingerprint density at radius 2 is 0.714 bits per heavy atom. The Morgan fingerprint density at radius 1 is 0.403 bits per heavy atom. The van der Waals surface area contributed by atoms with Crippen molar-refractivity contribution in [2.24, 2.45) is 5.73 Å². The van der Waals surface area contributed by atoms with Gasteiger partial charge >= 0.3 is 19.8 Å². The van der Waals surface area contributed by atoms with Crippen LogP contribution in [0.5, 0.6) is 0 Å². The normalized spacial score (nSPS) is 13.5. The molecule has 2 atom stereocenters. The number of carbonyl (C=O) groups excluding carboxylic acids is 2. The monoisotopic (exact) mass is 1100 g/mol. The number of nitrogens with two attached hydrogens (primary N) is 1. The van der Waals surface area contributed by atoms with Crippen LogP contribution in [-0.2, 0) is 32.7 Å². The van der Waals surface area contributed by atoms with E-state index in [0.717, 1.165) is 77.0 Å². The molecule has 0 aliphatic rings. The van der Waals surface area contributed by atoms with Gasteiger partial charge in [-0.2, -0.15) is 0 Å². The predicted octanol–water partition coefficient (Wildman–Crippen LogP) is 20.9. The summed E-state index contributed by atoms with van der Waals surface area (Å²) in [6.45, 7) is 3.67. The molecule has 2 unspecified atom stereocenters. The Kier molecular flexibility index (Phi) is 60.6. The van der Waals surface area contributed by atoms with Crippen LogP contribution in [0.3, 0.4) is 0 Å². The Balaban J connectivity index is 3.91. The lowest BCUT2D eigenvalue weighted by atomic mass is 10.0. The Bertz CT molecular complexity index is 1490. The van der Waals surface area contributed by atoms with E-state index in [-0.39, 0.29) is 38.6 Å². The molecule has 3 N–H and O–H groups in total. The molecule has 77 heavy (non-hydrogen) atoms. The van der Waals surface area contributed by atoms with Crippen LogP contribution in [0, 0.1) is 0 Å². The lowest BCUT2D eigenvalue weighted by Crippen LogP contribution is -2.29.